The fourth-order valence-electron chi connectivity index (χ4n) is 4.21. The molecule has 0 amide bonds. The molecule has 2 aromatic carbocycles. The third kappa shape index (κ3) is 4.12. The minimum absolute atomic E-state index is 0.133. The average molecular weight is 492 g/mol. The van der Waals surface area contributed by atoms with E-state index in [1.807, 2.05) is 61.5 Å². The molecule has 180 valence electrons. The van der Waals surface area contributed by atoms with Gasteiger partial charge in [0.25, 0.3) is 5.56 Å². The summed E-state index contributed by atoms with van der Waals surface area (Å²) in [6.45, 7) is 3.87. The molecule has 0 saturated heterocycles. The predicted octanol–water partition coefficient (Wildman–Crippen LogP) is 2.59. The van der Waals surface area contributed by atoms with E-state index in [1.54, 1.807) is 24.5 Å². The number of benzene rings is 2. The van der Waals surface area contributed by atoms with Crippen LogP contribution in [0.25, 0.3) is 6.08 Å². The highest BCUT2D eigenvalue weighted by molar-refractivity contribution is 7.07. The van der Waals surface area contributed by atoms with Gasteiger partial charge in [-0.1, -0.05) is 29.5 Å². The van der Waals surface area contributed by atoms with E-state index in [-0.39, 0.29) is 19.0 Å². The molecular weight excluding hydrogens is 466 g/mol. The van der Waals surface area contributed by atoms with Gasteiger partial charge in [0.15, 0.2) is 16.3 Å². The first kappa shape index (κ1) is 22.9. The van der Waals surface area contributed by atoms with Gasteiger partial charge in [-0.3, -0.25) is 9.36 Å². The van der Waals surface area contributed by atoms with Crippen LogP contribution < -0.4 is 29.3 Å². The van der Waals surface area contributed by atoms with Crippen molar-refractivity contribution < 1.29 is 19.0 Å². The Hall–Kier alpha value is -3.85. The molecule has 3 heterocycles. The first-order chi connectivity index (χ1) is 16.9. The van der Waals surface area contributed by atoms with E-state index in [2.05, 4.69) is 4.99 Å². The number of carbonyl (C=O) groups is 1. The summed E-state index contributed by atoms with van der Waals surface area (Å²) in [7, 11) is 3.96. The molecule has 0 unspecified atom stereocenters. The monoisotopic (exact) mass is 491 g/mol. The summed E-state index contributed by atoms with van der Waals surface area (Å²) in [5, 5.41) is 0. The highest BCUT2D eigenvalue weighted by Gasteiger charge is 2.34. The summed E-state index contributed by atoms with van der Waals surface area (Å²) in [5.41, 5.74) is 3.33. The molecular formula is C26H25N3O5S. The normalized spacial score (nSPS) is 16.7. The summed E-state index contributed by atoms with van der Waals surface area (Å²) in [4.78, 5) is 33.9. The molecule has 3 aromatic rings. The topological polar surface area (TPSA) is 82.4 Å². The number of aromatic nitrogens is 1. The molecule has 9 heteroatoms. The summed E-state index contributed by atoms with van der Waals surface area (Å²) in [5.74, 6) is 0.703. The number of hydrogen-bond donors (Lipinski definition) is 0. The zero-order valence-corrected chi connectivity index (χ0v) is 20.7. The summed E-state index contributed by atoms with van der Waals surface area (Å²) in [6.07, 6.45) is 1.85. The Labute approximate surface area is 206 Å². The van der Waals surface area contributed by atoms with Crippen molar-refractivity contribution in [2.75, 3.05) is 32.4 Å². The average Bonchev–Trinajstić information content (AvgIpc) is 3.42. The molecule has 0 fully saturated rings. The number of rotatable bonds is 5. The third-order valence-corrected chi connectivity index (χ3v) is 6.92. The van der Waals surface area contributed by atoms with Crippen molar-refractivity contribution in [2.24, 2.45) is 4.99 Å². The molecule has 0 bridgehead atoms. The number of thiazole rings is 1. The molecule has 0 radical (unpaired) electrons. The molecule has 35 heavy (non-hydrogen) atoms. The Kier molecular flexibility index (Phi) is 5.94. The maximum absolute atomic E-state index is 13.7. The van der Waals surface area contributed by atoms with E-state index in [0.29, 0.717) is 32.1 Å². The standard InChI is InChI=1S/C26H25N3O5S/c1-5-32-25(31)22-15(2)27-26-29(23(22)17-8-11-19-20(13-17)34-14-33-19)24(30)21(35-26)12-16-6-9-18(10-7-16)28(3)4/h6-13,23H,5,14H2,1-4H3/b21-12-/t23-/m0/s1. The first-order valence-corrected chi connectivity index (χ1v) is 12.1. The first-order valence-electron chi connectivity index (χ1n) is 11.2. The van der Waals surface area contributed by atoms with E-state index < -0.39 is 12.0 Å². The van der Waals surface area contributed by atoms with Gasteiger partial charge >= 0.3 is 5.97 Å². The van der Waals surface area contributed by atoms with Crippen LogP contribution in [0, 0.1) is 0 Å². The Morgan fingerprint density at radius 1 is 1.20 bits per heavy atom. The third-order valence-electron chi connectivity index (χ3n) is 5.94. The number of fused-ring (bicyclic) bond motifs is 2. The lowest BCUT2D eigenvalue weighted by atomic mass is 9.95. The van der Waals surface area contributed by atoms with Crippen molar-refractivity contribution in [3.63, 3.8) is 0 Å². The van der Waals surface area contributed by atoms with Gasteiger partial charge in [0.1, 0.15) is 0 Å². The van der Waals surface area contributed by atoms with Crippen LogP contribution in [0.3, 0.4) is 0 Å². The van der Waals surface area contributed by atoms with Crippen molar-refractivity contribution >= 4 is 29.1 Å². The van der Waals surface area contributed by atoms with Gasteiger partial charge in [0.2, 0.25) is 6.79 Å². The summed E-state index contributed by atoms with van der Waals surface area (Å²) < 4.78 is 18.5. The highest BCUT2D eigenvalue weighted by atomic mass is 32.1. The van der Waals surface area contributed by atoms with Crippen LogP contribution in [-0.4, -0.2) is 38.0 Å². The van der Waals surface area contributed by atoms with Gasteiger partial charge in [-0.05, 0) is 55.3 Å². The Morgan fingerprint density at radius 2 is 1.94 bits per heavy atom. The van der Waals surface area contributed by atoms with Crippen molar-refractivity contribution in [3.05, 3.63) is 84.5 Å². The van der Waals surface area contributed by atoms with E-state index in [0.717, 1.165) is 16.8 Å². The van der Waals surface area contributed by atoms with E-state index in [9.17, 15) is 9.59 Å². The molecule has 1 aromatic heterocycles. The SMILES string of the molecule is CCOC(=O)C1=C(C)N=c2s/c(=C\c3ccc(N(C)C)cc3)c(=O)n2[C@H]1c1ccc2c(c1)OCO2. The maximum atomic E-state index is 13.7. The molecule has 1 atom stereocenters. The van der Waals surface area contributed by atoms with Crippen LogP contribution in [0.5, 0.6) is 11.5 Å². The predicted molar refractivity (Wildman–Crippen MR) is 134 cm³/mol. The van der Waals surface area contributed by atoms with Crippen molar-refractivity contribution in [1.29, 1.82) is 0 Å². The minimum Gasteiger partial charge on any atom is -0.463 e. The van der Waals surface area contributed by atoms with E-state index in [4.69, 9.17) is 14.2 Å². The number of anilines is 1. The molecule has 2 aliphatic heterocycles. The zero-order valence-electron chi connectivity index (χ0n) is 19.9. The second-order valence-corrected chi connectivity index (χ2v) is 9.41. The van der Waals surface area contributed by atoms with Crippen LogP contribution in [0.2, 0.25) is 0 Å². The number of hydrogen-bond acceptors (Lipinski definition) is 8. The van der Waals surface area contributed by atoms with Gasteiger partial charge in [-0.25, -0.2) is 9.79 Å². The quantitative estimate of drug-likeness (QED) is 0.511. The summed E-state index contributed by atoms with van der Waals surface area (Å²) >= 11 is 1.30. The molecule has 0 N–H and O–H groups in total. The van der Waals surface area contributed by atoms with Gasteiger partial charge < -0.3 is 19.1 Å². The lowest BCUT2D eigenvalue weighted by molar-refractivity contribution is -0.139. The molecule has 8 nitrogen and oxygen atoms in total. The maximum Gasteiger partial charge on any atom is 0.338 e. The van der Waals surface area contributed by atoms with Crippen molar-refractivity contribution in [3.8, 4) is 11.5 Å². The Morgan fingerprint density at radius 3 is 2.66 bits per heavy atom. The largest absolute Gasteiger partial charge is 0.463 e. The van der Waals surface area contributed by atoms with Gasteiger partial charge in [-0.2, -0.15) is 0 Å². The van der Waals surface area contributed by atoms with E-state index >= 15 is 0 Å². The van der Waals surface area contributed by atoms with Crippen LogP contribution in [0.15, 0.2) is 63.5 Å². The van der Waals surface area contributed by atoms with Crippen molar-refractivity contribution in [1.82, 2.24) is 4.57 Å². The minimum atomic E-state index is -0.696. The van der Waals surface area contributed by atoms with Crippen LogP contribution >= 0.6 is 11.3 Å². The lowest BCUT2D eigenvalue weighted by Crippen LogP contribution is -2.39. The molecule has 5 rings (SSSR count). The molecule has 0 spiro atoms. The van der Waals surface area contributed by atoms with Gasteiger partial charge in [0, 0.05) is 19.8 Å². The van der Waals surface area contributed by atoms with Crippen LogP contribution in [-0.2, 0) is 9.53 Å². The highest BCUT2D eigenvalue weighted by Crippen LogP contribution is 2.38. The van der Waals surface area contributed by atoms with E-state index in [1.165, 1.54) is 11.3 Å². The lowest BCUT2D eigenvalue weighted by Gasteiger charge is -2.24. The van der Waals surface area contributed by atoms with Gasteiger partial charge in [0.05, 0.1) is 28.5 Å². The fraction of sp³-hybridized carbons (Fsp3) is 0.269. The Balaban J connectivity index is 1.68. The molecule has 0 aliphatic carbocycles. The summed E-state index contributed by atoms with van der Waals surface area (Å²) in [6, 6.07) is 12.7. The second kappa shape index (κ2) is 9.07. The fourth-order valence-corrected chi connectivity index (χ4v) is 5.26. The van der Waals surface area contributed by atoms with Crippen molar-refractivity contribution in [2.45, 2.75) is 19.9 Å². The van der Waals surface area contributed by atoms with Crippen LogP contribution in [0.4, 0.5) is 5.69 Å². The van der Waals surface area contributed by atoms with Crippen LogP contribution in [0.1, 0.15) is 31.0 Å². The van der Waals surface area contributed by atoms with Gasteiger partial charge in [-0.15, -0.1) is 0 Å². The smallest absolute Gasteiger partial charge is 0.338 e. The Bertz CT molecular complexity index is 1520. The molecule has 2 aliphatic rings. The zero-order chi connectivity index (χ0) is 24.7. The second-order valence-electron chi connectivity index (χ2n) is 8.40. The number of esters is 1. The number of carbonyl (C=O) groups excluding carboxylic acids is 1. The number of ether oxygens (including phenoxy) is 3. The number of allylic oxidation sites excluding steroid dienone is 1. The molecule has 0 saturated carbocycles. The number of nitrogens with zero attached hydrogens (tertiary/aromatic N) is 3.